The molecule has 0 N–H and O–H groups in total. The Morgan fingerprint density at radius 2 is 1.77 bits per heavy atom. The van der Waals surface area contributed by atoms with E-state index in [1.807, 2.05) is 6.92 Å². The van der Waals surface area contributed by atoms with E-state index in [-0.39, 0.29) is 17.6 Å². The Hall–Kier alpha value is -2.08. The molecular formula is C16H20O6. The van der Waals surface area contributed by atoms with Gasteiger partial charge in [-0.2, -0.15) is 0 Å². The molecule has 0 aromatic heterocycles. The Kier molecular flexibility index (Phi) is 5.77. The van der Waals surface area contributed by atoms with E-state index < -0.39 is 12.1 Å². The van der Waals surface area contributed by atoms with E-state index in [2.05, 4.69) is 21.7 Å². The van der Waals surface area contributed by atoms with Crippen molar-refractivity contribution < 1.29 is 29.1 Å². The fourth-order valence-electron chi connectivity index (χ4n) is 2.65. The summed E-state index contributed by atoms with van der Waals surface area (Å²) in [4.78, 5) is 31.7. The zero-order valence-electron chi connectivity index (χ0n) is 12.7. The fraction of sp³-hybridized carbons (Fsp3) is 0.500. The zero-order valence-corrected chi connectivity index (χ0v) is 12.7. The molecule has 0 saturated heterocycles. The van der Waals surface area contributed by atoms with E-state index in [9.17, 15) is 9.59 Å². The lowest BCUT2D eigenvalue weighted by molar-refractivity contribution is -0.453. The summed E-state index contributed by atoms with van der Waals surface area (Å²) < 4.78 is 5.16. The van der Waals surface area contributed by atoms with Gasteiger partial charge >= 0.3 is 12.1 Å². The number of hydrogen-bond acceptors (Lipinski definition) is 6. The van der Waals surface area contributed by atoms with E-state index in [0.717, 1.165) is 19.3 Å². The van der Waals surface area contributed by atoms with Crippen LogP contribution >= 0.6 is 0 Å². The largest absolute Gasteiger partial charge is 0.543 e. The summed E-state index contributed by atoms with van der Waals surface area (Å²) in [5, 5.41) is 4.19. The van der Waals surface area contributed by atoms with Crippen molar-refractivity contribution >= 4 is 12.1 Å². The van der Waals surface area contributed by atoms with E-state index in [0.29, 0.717) is 5.92 Å². The van der Waals surface area contributed by atoms with Crippen molar-refractivity contribution in [3.05, 3.63) is 35.9 Å². The average Bonchev–Trinajstić information content (AvgIpc) is 2.51. The van der Waals surface area contributed by atoms with Crippen molar-refractivity contribution in [3.8, 4) is 0 Å². The lowest BCUT2D eigenvalue weighted by Gasteiger charge is -2.31. The standard InChI is InChI=1S/C16H20O6/c1-11-8-9-14(12(2)10-11)19-16(18)21-22-20-15(17)13-6-4-3-5-7-13/h3-7,11-12,14H,8-10H2,1-2H3. The Morgan fingerprint density at radius 1 is 1.05 bits per heavy atom. The van der Waals surface area contributed by atoms with Gasteiger partial charge in [-0.25, -0.2) is 14.5 Å². The normalized spacial score (nSPS) is 24.4. The van der Waals surface area contributed by atoms with Crippen LogP contribution in [0.3, 0.4) is 0 Å². The summed E-state index contributed by atoms with van der Waals surface area (Å²) in [6.45, 7) is 4.21. The summed E-state index contributed by atoms with van der Waals surface area (Å²) >= 11 is 0. The number of carbonyl (C=O) groups is 2. The molecule has 0 aliphatic heterocycles. The molecule has 1 fully saturated rings. The van der Waals surface area contributed by atoms with Gasteiger partial charge in [-0.1, -0.05) is 32.0 Å². The number of carbonyl (C=O) groups excluding carboxylic acids is 2. The van der Waals surface area contributed by atoms with Gasteiger partial charge in [-0.05, 0) is 43.2 Å². The van der Waals surface area contributed by atoms with Crippen LogP contribution in [0.5, 0.6) is 0 Å². The average molecular weight is 308 g/mol. The SMILES string of the molecule is CC1CCC(OC(=O)OOOC(=O)c2ccccc2)C(C)C1. The van der Waals surface area contributed by atoms with Gasteiger partial charge in [0.25, 0.3) is 0 Å². The highest BCUT2D eigenvalue weighted by atomic mass is 17.5. The molecule has 0 heterocycles. The lowest BCUT2D eigenvalue weighted by Crippen LogP contribution is -2.31. The van der Waals surface area contributed by atoms with Gasteiger partial charge in [0.15, 0.2) is 0 Å². The van der Waals surface area contributed by atoms with Crippen molar-refractivity contribution in [3.63, 3.8) is 0 Å². The Morgan fingerprint density at radius 3 is 2.45 bits per heavy atom. The van der Waals surface area contributed by atoms with E-state index >= 15 is 0 Å². The quantitative estimate of drug-likeness (QED) is 0.480. The Labute approximate surface area is 129 Å². The predicted octanol–water partition coefficient (Wildman–Crippen LogP) is 3.67. The second-order valence-electron chi connectivity index (χ2n) is 5.69. The summed E-state index contributed by atoms with van der Waals surface area (Å²) in [5.41, 5.74) is 0.286. The van der Waals surface area contributed by atoms with Gasteiger partial charge in [-0.3, -0.25) is 4.89 Å². The van der Waals surface area contributed by atoms with Crippen LogP contribution in [0.25, 0.3) is 0 Å². The molecule has 0 amide bonds. The highest BCUT2D eigenvalue weighted by Gasteiger charge is 2.29. The lowest BCUT2D eigenvalue weighted by atomic mass is 9.81. The predicted molar refractivity (Wildman–Crippen MR) is 76.5 cm³/mol. The molecule has 6 nitrogen and oxygen atoms in total. The number of benzene rings is 1. The van der Waals surface area contributed by atoms with Crippen molar-refractivity contribution in [2.45, 2.75) is 39.2 Å². The second-order valence-corrected chi connectivity index (χ2v) is 5.69. The van der Waals surface area contributed by atoms with Gasteiger partial charge in [0.05, 0.1) is 10.6 Å². The molecule has 1 aliphatic rings. The fourth-order valence-corrected chi connectivity index (χ4v) is 2.65. The molecule has 3 unspecified atom stereocenters. The van der Waals surface area contributed by atoms with Crippen molar-refractivity contribution in [1.82, 2.24) is 0 Å². The first-order valence-corrected chi connectivity index (χ1v) is 7.37. The molecule has 0 bridgehead atoms. The van der Waals surface area contributed by atoms with Crippen LogP contribution in [-0.4, -0.2) is 18.2 Å². The van der Waals surface area contributed by atoms with Crippen molar-refractivity contribution in [2.24, 2.45) is 11.8 Å². The monoisotopic (exact) mass is 308 g/mol. The summed E-state index contributed by atoms with van der Waals surface area (Å²) in [6, 6.07) is 8.22. The highest BCUT2D eigenvalue weighted by Crippen LogP contribution is 2.30. The third kappa shape index (κ3) is 4.73. The molecule has 2 rings (SSSR count). The molecular weight excluding hydrogens is 288 g/mol. The first kappa shape index (κ1) is 16.3. The Bertz CT molecular complexity index is 501. The Balaban J connectivity index is 1.69. The zero-order chi connectivity index (χ0) is 15.9. The van der Waals surface area contributed by atoms with Crippen LogP contribution in [0.2, 0.25) is 0 Å². The third-order valence-electron chi connectivity index (χ3n) is 3.82. The molecule has 0 spiro atoms. The minimum Gasteiger partial charge on any atom is -0.429 e. The maximum Gasteiger partial charge on any atom is 0.543 e. The maximum absolute atomic E-state index is 11.5. The molecule has 1 aromatic rings. The molecule has 1 aromatic carbocycles. The number of rotatable bonds is 4. The van der Waals surface area contributed by atoms with Crippen LogP contribution in [0.1, 0.15) is 43.5 Å². The first-order chi connectivity index (χ1) is 10.6. The van der Waals surface area contributed by atoms with Crippen LogP contribution < -0.4 is 0 Å². The minimum absolute atomic E-state index is 0.197. The maximum atomic E-state index is 11.5. The summed E-state index contributed by atoms with van der Waals surface area (Å²) in [7, 11) is 0. The van der Waals surface area contributed by atoms with Gasteiger partial charge in [0, 0.05) is 0 Å². The van der Waals surface area contributed by atoms with Gasteiger partial charge < -0.3 is 4.74 Å². The van der Waals surface area contributed by atoms with Gasteiger partial charge in [0.2, 0.25) is 0 Å². The molecule has 0 radical (unpaired) electrons. The minimum atomic E-state index is -1.01. The summed E-state index contributed by atoms with van der Waals surface area (Å²) in [6.07, 6.45) is 1.60. The van der Waals surface area contributed by atoms with Crippen LogP contribution in [0.15, 0.2) is 30.3 Å². The molecule has 1 saturated carbocycles. The van der Waals surface area contributed by atoms with Gasteiger partial charge in [0.1, 0.15) is 6.10 Å². The second kappa shape index (κ2) is 7.79. The number of ether oxygens (including phenoxy) is 1. The smallest absolute Gasteiger partial charge is 0.429 e. The molecule has 1 aliphatic carbocycles. The molecule has 6 heteroatoms. The number of hydrogen-bond donors (Lipinski definition) is 0. The van der Waals surface area contributed by atoms with Crippen LogP contribution in [0, 0.1) is 11.8 Å². The molecule has 3 atom stereocenters. The van der Waals surface area contributed by atoms with E-state index in [1.165, 1.54) is 0 Å². The highest BCUT2D eigenvalue weighted by molar-refractivity contribution is 5.88. The van der Waals surface area contributed by atoms with Gasteiger partial charge in [-0.15, -0.1) is 0 Å². The van der Waals surface area contributed by atoms with E-state index in [1.54, 1.807) is 30.3 Å². The third-order valence-corrected chi connectivity index (χ3v) is 3.82. The van der Waals surface area contributed by atoms with Crippen LogP contribution in [-0.2, 0) is 19.6 Å². The van der Waals surface area contributed by atoms with Crippen molar-refractivity contribution in [2.75, 3.05) is 0 Å². The molecule has 22 heavy (non-hydrogen) atoms. The van der Waals surface area contributed by atoms with Crippen LogP contribution in [0.4, 0.5) is 4.79 Å². The van der Waals surface area contributed by atoms with Crippen molar-refractivity contribution in [1.29, 1.82) is 0 Å². The topological polar surface area (TPSA) is 71.1 Å². The van der Waals surface area contributed by atoms with E-state index in [4.69, 9.17) is 4.74 Å². The first-order valence-electron chi connectivity index (χ1n) is 7.37. The summed E-state index contributed by atoms with van der Waals surface area (Å²) in [5.74, 6) is 0.144. The molecule has 120 valence electrons.